The molecule has 0 saturated carbocycles. The predicted molar refractivity (Wildman–Crippen MR) is 45.4 cm³/mol. The Bertz CT molecular complexity index is 91.6. The van der Waals surface area contributed by atoms with Gasteiger partial charge in [-0.05, 0) is 12.8 Å². The summed E-state index contributed by atoms with van der Waals surface area (Å²) in [6, 6.07) is 0. The Morgan fingerprint density at radius 2 is 2.00 bits per heavy atom. The molecule has 66 valence electrons. The van der Waals surface area contributed by atoms with Crippen LogP contribution in [0.25, 0.3) is 0 Å². The van der Waals surface area contributed by atoms with Crippen LogP contribution in [0.1, 0.15) is 46.0 Å². The van der Waals surface area contributed by atoms with Gasteiger partial charge in [-0.2, -0.15) is 0 Å². The second kappa shape index (κ2) is 7.58. The smallest absolute Gasteiger partial charge is 0.293 e. The first-order chi connectivity index (χ1) is 5.35. The van der Waals surface area contributed by atoms with Gasteiger partial charge in [-0.25, -0.2) is 0 Å². The van der Waals surface area contributed by atoms with Gasteiger partial charge in [0.1, 0.15) is 6.10 Å². The van der Waals surface area contributed by atoms with Crippen molar-refractivity contribution in [3.63, 3.8) is 0 Å². The number of rotatable bonds is 7. The van der Waals surface area contributed by atoms with E-state index in [0.29, 0.717) is 6.47 Å². The number of carbonyl (C=O) groups is 1. The summed E-state index contributed by atoms with van der Waals surface area (Å²) in [5, 5.41) is 0. The second-order valence-corrected chi connectivity index (χ2v) is 2.79. The van der Waals surface area contributed by atoms with Crippen molar-refractivity contribution < 1.29 is 9.53 Å². The maximum absolute atomic E-state index is 10.0. The summed E-state index contributed by atoms with van der Waals surface area (Å²) in [6.07, 6.45) is 5.59. The standard InChI is InChI=1S/C9H18O2/c1-3-5-7-9(6-4-2)11-8-10/h8-9H,3-7H2,1-2H3/t9-/m1/s1. The molecule has 2 heteroatoms. The molecule has 0 unspecified atom stereocenters. The SMILES string of the molecule is CCCC[C@@H](CCC)OC=O. The number of ether oxygens (including phenoxy) is 1. The van der Waals surface area contributed by atoms with Crippen molar-refractivity contribution in [2.24, 2.45) is 0 Å². The minimum absolute atomic E-state index is 0.164. The van der Waals surface area contributed by atoms with Crippen molar-refractivity contribution in [1.29, 1.82) is 0 Å². The molecule has 0 aliphatic heterocycles. The van der Waals surface area contributed by atoms with E-state index < -0.39 is 0 Å². The van der Waals surface area contributed by atoms with E-state index in [0.717, 1.165) is 25.7 Å². The zero-order valence-corrected chi connectivity index (χ0v) is 7.51. The first-order valence-electron chi connectivity index (χ1n) is 4.44. The maximum atomic E-state index is 10.0. The molecule has 0 radical (unpaired) electrons. The normalized spacial score (nSPS) is 12.5. The summed E-state index contributed by atoms with van der Waals surface area (Å²) in [5.74, 6) is 0. The van der Waals surface area contributed by atoms with Gasteiger partial charge in [0.15, 0.2) is 0 Å². The van der Waals surface area contributed by atoms with Crippen LogP contribution < -0.4 is 0 Å². The monoisotopic (exact) mass is 158 g/mol. The van der Waals surface area contributed by atoms with Crippen LogP contribution in [0.15, 0.2) is 0 Å². The molecule has 0 bridgehead atoms. The Balaban J connectivity index is 3.41. The van der Waals surface area contributed by atoms with Gasteiger partial charge in [-0.1, -0.05) is 33.1 Å². The molecule has 0 amide bonds. The average Bonchev–Trinajstić information content (AvgIpc) is 2.01. The zero-order chi connectivity index (χ0) is 8.53. The lowest BCUT2D eigenvalue weighted by Crippen LogP contribution is -2.11. The van der Waals surface area contributed by atoms with Crippen LogP contribution in [0, 0.1) is 0 Å². The van der Waals surface area contributed by atoms with Crippen molar-refractivity contribution in [2.75, 3.05) is 0 Å². The van der Waals surface area contributed by atoms with Crippen LogP contribution in [0.2, 0.25) is 0 Å². The molecule has 0 N–H and O–H groups in total. The fourth-order valence-corrected chi connectivity index (χ4v) is 1.11. The van der Waals surface area contributed by atoms with Gasteiger partial charge >= 0.3 is 0 Å². The van der Waals surface area contributed by atoms with Gasteiger partial charge in [0.2, 0.25) is 0 Å². The molecule has 0 heterocycles. The van der Waals surface area contributed by atoms with Crippen molar-refractivity contribution in [3.05, 3.63) is 0 Å². The highest BCUT2D eigenvalue weighted by Gasteiger charge is 2.05. The highest BCUT2D eigenvalue weighted by atomic mass is 16.5. The lowest BCUT2D eigenvalue weighted by Gasteiger charge is -2.12. The third-order valence-corrected chi connectivity index (χ3v) is 1.74. The quantitative estimate of drug-likeness (QED) is 0.532. The van der Waals surface area contributed by atoms with Crippen LogP contribution in [0.3, 0.4) is 0 Å². The summed E-state index contributed by atoms with van der Waals surface area (Å²) in [5.41, 5.74) is 0. The lowest BCUT2D eigenvalue weighted by molar-refractivity contribution is -0.134. The number of carbonyl (C=O) groups excluding carboxylic acids is 1. The number of unbranched alkanes of at least 4 members (excludes halogenated alkanes) is 1. The molecule has 1 atom stereocenters. The van der Waals surface area contributed by atoms with Crippen LogP contribution in [-0.2, 0) is 9.53 Å². The molecule has 0 aliphatic rings. The first-order valence-corrected chi connectivity index (χ1v) is 4.44. The molecule has 0 fully saturated rings. The fraction of sp³-hybridized carbons (Fsp3) is 0.889. The predicted octanol–water partition coefficient (Wildman–Crippen LogP) is 2.52. The molecule has 0 aromatic rings. The maximum Gasteiger partial charge on any atom is 0.293 e. The Hall–Kier alpha value is -0.530. The minimum atomic E-state index is 0.164. The van der Waals surface area contributed by atoms with Gasteiger partial charge < -0.3 is 4.74 Å². The summed E-state index contributed by atoms with van der Waals surface area (Å²) in [7, 11) is 0. The van der Waals surface area contributed by atoms with Crippen molar-refractivity contribution in [2.45, 2.75) is 52.1 Å². The molecule has 0 aromatic carbocycles. The van der Waals surface area contributed by atoms with Crippen molar-refractivity contribution >= 4 is 6.47 Å². The molecular weight excluding hydrogens is 140 g/mol. The van der Waals surface area contributed by atoms with Crippen LogP contribution in [0.5, 0.6) is 0 Å². The van der Waals surface area contributed by atoms with E-state index in [1.54, 1.807) is 0 Å². The highest BCUT2D eigenvalue weighted by molar-refractivity contribution is 5.37. The number of hydrogen-bond donors (Lipinski definition) is 0. The Morgan fingerprint density at radius 3 is 2.45 bits per heavy atom. The van der Waals surface area contributed by atoms with E-state index >= 15 is 0 Å². The third-order valence-electron chi connectivity index (χ3n) is 1.74. The van der Waals surface area contributed by atoms with E-state index in [2.05, 4.69) is 13.8 Å². The molecule has 0 aromatic heterocycles. The minimum Gasteiger partial charge on any atom is -0.465 e. The average molecular weight is 158 g/mol. The Morgan fingerprint density at radius 1 is 1.27 bits per heavy atom. The molecule has 0 saturated heterocycles. The largest absolute Gasteiger partial charge is 0.465 e. The summed E-state index contributed by atoms with van der Waals surface area (Å²) >= 11 is 0. The van der Waals surface area contributed by atoms with Crippen LogP contribution in [0.4, 0.5) is 0 Å². The zero-order valence-electron chi connectivity index (χ0n) is 7.51. The lowest BCUT2D eigenvalue weighted by atomic mass is 10.1. The van der Waals surface area contributed by atoms with E-state index in [4.69, 9.17) is 4.74 Å². The van der Waals surface area contributed by atoms with Crippen LogP contribution >= 0.6 is 0 Å². The highest BCUT2D eigenvalue weighted by Crippen LogP contribution is 2.09. The summed E-state index contributed by atoms with van der Waals surface area (Å²) in [4.78, 5) is 10.0. The van der Waals surface area contributed by atoms with Gasteiger partial charge in [-0.3, -0.25) is 4.79 Å². The Kier molecular flexibility index (Phi) is 7.21. The fourth-order valence-electron chi connectivity index (χ4n) is 1.11. The van der Waals surface area contributed by atoms with Crippen molar-refractivity contribution in [3.8, 4) is 0 Å². The van der Waals surface area contributed by atoms with E-state index in [-0.39, 0.29) is 6.10 Å². The molecule has 0 spiro atoms. The van der Waals surface area contributed by atoms with Gasteiger partial charge in [-0.15, -0.1) is 0 Å². The molecule has 11 heavy (non-hydrogen) atoms. The van der Waals surface area contributed by atoms with Gasteiger partial charge in [0.05, 0.1) is 0 Å². The summed E-state index contributed by atoms with van der Waals surface area (Å²) in [6.45, 7) is 4.81. The number of hydrogen-bond acceptors (Lipinski definition) is 2. The molecule has 2 nitrogen and oxygen atoms in total. The molecule has 0 rings (SSSR count). The third kappa shape index (κ3) is 5.89. The second-order valence-electron chi connectivity index (χ2n) is 2.79. The Labute approximate surface area is 68.9 Å². The van der Waals surface area contributed by atoms with E-state index in [9.17, 15) is 4.79 Å². The van der Waals surface area contributed by atoms with Crippen molar-refractivity contribution in [1.82, 2.24) is 0 Å². The molecule has 0 aliphatic carbocycles. The van der Waals surface area contributed by atoms with Crippen LogP contribution in [-0.4, -0.2) is 12.6 Å². The van der Waals surface area contributed by atoms with E-state index in [1.165, 1.54) is 6.42 Å². The topological polar surface area (TPSA) is 26.3 Å². The molecular formula is C9H18O2. The summed E-state index contributed by atoms with van der Waals surface area (Å²) < 4.78 is 4.90. The first kappa shape index (κ1) is 10.5. The van der Waals surface area contributed by atoms with E-state index in [1.807, 2.05) is 0 Å². The van der Waals surface area contributed by atoms with Gasteiger partial charge in [0.25, 0.3) is 6.47 Å². The van der Waals surface area contributed by atoms with Gasteiger partial charge in [0, 0.05) is 0 Å².